The Bertz CT molecular complexity index is 919. The van der Waals surface area contributed by atoms with Crippen molar-refractivity contribution in [1.82, 2.24) is 5.32 Å². The van der Waals surface area contributed by atoms with Crippen LogP contribution in [0.4, 0.5) is 0 Å². The fraction of sp³-hybridized carbons (Fsp3) is 0.839. The molecule has 37 heavy (non-hydrogen) atoms. The van der Waals surface area contributed by atoms with E-state index in [1.54, 1.807) is 6.08 Å². The SMILES string of the molecule is CC(=O)/C=C1\[C@](C)(CO)CCC2[C@@]3(C)CCC(=O)C(C)(C)C3C[C@@H](OC(C)=O)[C@@]12C.C[C@@H]1CCCNC1. The molecular weight excluding hydrogens is 466 g/mol. The maximum atomic E-state index is 12.8. The van der Waals surface area contributed by atoms with Gasteiger partial charge in [-0.2, -0.15) is 0 Å². The Balaban J connectivity index is 0.000000468. The number of esters is 1. The molecule has 0 radical (unpaired) electrons. The number of carbonyl (C=O) groups excluding carboxylic acids is 3. The number of rotatable bonds is 3. The van der Waals surface area contributed by atoms with Gasteiger partial charge >= 0.3 is 5.97 Å². The van der Waals surface area contributed by atoms with Gasteiger partial charge in [-0.3, -0.25) is 14.4 Å². The summed E-state index contributed by atoms with van der Waals surface area (Å²) < 4.78 is 5.95. The first-order chi connectivity index (χ1) is 17.1. The van der Waals surface area contributed by atoms with Crippen LogP contribution in [0.1, 0.15) is 100 Å². The second-order valence-electron chi connectivity index (χ2n) is 13.7. The minimum Gasteiger partial charge on any atom is -0.462 e. The molecule has 6 heteroatoms. The molecule has 2 unspecified atom stereocenters. The summed E-state index contributed by atoms with van der Waals surface area (Å²) in [5.41, 5.74) is -0.764. The van der Waals surface area contributed by atoms with E-state index in [1.165, 1.54) is 39.8 Å². The molecule has 1 aliphatic heterocycles. The minimum atomic E-state index is -0.561. The summed E-state index contributed by atoms with van der Waals surface area (Å²) in [5, 5.41) is 13.7. The maximum absolute atomic E-state index is 12.8. The third-order valence-corrected chi connectivity index (χ3v) is 10.7. The summed E-state index contributed by atoms with van der Waals surface area (Å²) in [6, 6.07) is 0. The number of hydrogen-bond donors (Lipinski definition) is 2. The summed E-state index contributed by atoms with van der Waals surface area (Å²) in [4.78, 5) is 37.2. The van der Waals surface area contributed by atoms with E-state index in [-0.39, 0.29) is 41.4 Å². The Kier molecular flexibility index (Phi) is 8.86. The van der Waals surface area contributed by atoms with Crippen LogP contribution in [-0.2, 0) is 19.1 Å². The van der Waals surface area contributed by atoms with Crippen LogP contribution >= 0.6 is 0 Å². The van der Waals surface area contributed by atoms with Gasteiger partial charge < -0.3 is 15.2 Å². The van der Waals surface area contributed by atoms with Crippen LogP contribution in [0.2, 0.25) is 0 Å². The summed E-state index contributed by atoms with van der Waals surface area (Å²) in [6.07, 6.45) is 7.67. The number of piperidine rings is 1. The Hall–Kier alpha value is -1.53. The lowest BCUT2D eigenvalue weighted by atomic mass is 9.37. The fourth-order valence-electron chi connectivity index (χ4n) is 8.58. The number of ether oxygens (including phenoxy) is 1. The Morgan fingerprint density at radius 1 is 1.08 bits per heavy atom. The summed E-state index contributed by atoms with van der Waals surface area (Å²) in [5.74, 6) is 1.07. The number of fused-ring (bicyclic) bond motifs is 3. The molecule has 0 aromatic heterocycles. The van der Waals surface area contributed by atoms with Crippen LogP contribution in [0.25, 0.3) is 0 Å². The van der Waals surface area contributed by atoms with Crippen LogP contribution in [0.5, 0.6) is 0 Å². The first kappa shape index (κ1) is 30.0. The normalized spacial score (nSPS) is 42.1. The molecule has 4 rings (SSSR count). The smallest absolute Gasteiger partial charge is 0.302 e. The maximum Gasteiger partial charge on any atom is 0.302 e. The van der Waals surface area contributed by atoms with Gasteiger partial charge in [0.05, 0.1) is 6.61 Å². The minimum absolute atomic E-state index is 0.0503. The van der Waals surface area contributed by atoms with E-state index in [4.69, 9.17) is 4.74 Å². The van der Waals surface area contributed by atoms with Crippen LogP contribution in [0, 0.1) is 39.4 Å². The number of allylic oxidation sites excluding steroid dienone is 1. The molecule has 6 nitrogen and oxygen atoms in total. The summed E-state index contributed by atoms with van der Waals surface area (Å²) in [7, 11) is 0. The monoisotopic (exact) mass is 517 g/mol. The molecule has 0 amide bonds. The zero-order valence-electron chi connectivity index (χ0n) is 24.5. The Morgan fingerprint density at radius 3 is 2.24 bits per heavy atom. The van der Waals surface area contributed by atoms with E-state index in [0.717, 1.165) is 30.8 Å². The highest BCUT2D eigenvalue weighted by atomic mass is 16.5. The van der Waals surface area contributed by atoms with Gasteiger partial charge in [0, 0.05) is 29.6 Å². The van der Waals surface area contributed by atoms with Crippen molar-refractivity contribution in [2.24, 2.45) is 39.4 Å². The molecule has 3 saturated carbocycles. The van der Waals surface area contributed by atoms with Crippen molar-refractivity contribution in [3.8, 4) is 0 Å². The predicted octanol–water partition coefficient (Wildman–Crippen LogP) is 5.27. The number of aliphatic hydroxyl groups excluding tert-OH is 1. The van der Waals surface area contributed by atoms with E-state index in [2.05, 4.69) is 26.1 Å². The second-order valence-corrected chi connectivity index (χ2v) is 13.7. The van der Waals surface area contributed by atoms with Crippen LogP contribution in [0.15, 0.2) is 11.6 Å². The van der Waals surface area contributed by atoms with Gasteiger partial charge in [0.2, 0.25) is 0 Å². The van der Waals surface area contributed by atoms with E-state index in [9.17, 15) is 19.5 Å². The number of hydrogen-bond acceptors (Lipinski definition) is 6. The van der Waals surface area contributed by atoms with Gasteiger partial charge in [0.15, 0.2) is 5.78 Å². The molecule has 0 aromatic rings. The molecule has 2 N–H and O–H groups in total. The molecule has 7 atom stereocenters. The van der Waals surface area contributed by atoms with E-state index in [1.807, 2.05) is 20.8 Å². The molecule has 1 saturated heterocycles. The highest BCUT2D eigenvalue weighted by Gasteiger charge is 2.67. The van der Waals surface area contributed by atoms with Crippen molar-refractivity contribution >= 4 is 17.5 Å². The number of Topliss-reactive ketones (excluding diaryl/α,β-unsaturated/α-hetero) is 1. The molecule has 0 spiro atoms. The predicted molar refractivity (Wildman–Crippen MR) is 146 cm³/mol. The summed E-state index contributed by atoms with van der Waals surface area (Å²) in [6.45, 7) is 18.2. The van der Waals surface area contributed by atoms with Gasteiger partial charge in [-0.15, -0.1) is 0 Å². The van der Waals surface area contributed by atoms with E-state index >= 15 is 0 Å². The molecule has 3 aliphatic carbocycles. The summed E-state index contributed by atoms with van der Waals surface area (Å²) >= 11 is 0. The lowest BCUT2D eigenvalue weighted by molar-refractivity contribution is -0.204. The van der Waals surface area contributed by atoms with Gasteiger partial charge in [-0.05, 0) is 93.4 Å². The number of ketones is 2. The van der Waals surface area contributed by atoms with Crippen molar-refractivity contribution in [3.05, 3.63) is 11.6 Å². The molecule has 0 aromatic carbocycles. The standard InChI is InChI=1S/C25H38O5.C6H13N/c1-15(27)12-19-23(5,14-26)10-8-17-24(6)11-9-20(29)22(3,4)18(24)13-21(25(17,19)7)30-16(2)28;1-6-3-2-4-7-5-6/h12,17-18,21,26H,8-11,13-14H2,1-7H3;6-7H,2-5H2,1H3/b19-12+;/t17?,18?,21-,23+,24-,25-;6-/m11/s1. The molecule has 0 bridgehead atoms. The Labute approximate surface area is 224 Å². The van der Waals surface area contributed by atoms with Gasteiger partial charge in [0.1, 0.15) is 11.9 Å². The highest BCUT2D eigenvalue weighted by molar-refractivity contribution is 5.88. The first-order valence-electron chi connectivity index (χ1n) is 14.4. The van der Waals surface area contributed by atoms with Gasteiger partial charge in [0.25, 0.3) is 0 Å². The van der Waals surface area contributed by atoms with Gasteiger partial charge in [-0.1, -0.05) is 41.5 Å². The lowest BCUT2D eigenvalue weighted by Crippen LogP contribution is -2.65. The van der Waals surface area contributed by atoms with Crippen molar-refractivity contribution in [2.45, 2.75) is 106 Å². The molecule has 4 aliphatic rings. The van der Waals surface area contributed by atoms with Crippen molar-refractivity contribution in [2.75, 3.05) is 19.7 Å². The fourth-order valence-corrected chi connectivity index (χ4v) is 8.58. The van der Waals surface area contributed by atoms with Crippen molar-refractivity contribution in [3.63, 3.8) is 0 Å². The van der Waals surface area contributed by atoms with Crippen LogP contribution in [0.3, 0.4) is 0 Å². The third kappa shape index (κ3) is 5.48. The second kappa shape index (κ2) is 10.9. The topological polar surface area (TPSA) is 92.7 Å². The van der Waals surface area contributed by atoms with Crippen LogP contribution < -0.4 is 5.32 Å². The third-order valence-electron chi connectivity index (χ3n) is 10.7. The lowest BCUT2D eigenvalue weighted by Gasteiger charge is -2.67. The number of nitrogens with one attached hydrogen (secondary N) is 1. The Morgan fingerprint density at radius 2 is 1.76 bits per heavy atom. The number of aliphatic hydroxyl groups is 1. The van der Waals surface area contributed by atoms with Crippen LogP contribution in [-0.4, -0.2) is 48.4 Å². The first-order valence-corrected chi connectivity index (χ1v) is 14.4. The largest absolute Gasteiger partial charge is 0.462 e. The highest BCUT2D eigenvalue weighted by Crippen LogP contribution is 2.70. The molecule has 4 fully saturated rings. The average Bonchev–Trinajstić information content (AvgIpc) is 2.81. The zero-order valence-corrected chi connectivity index (χ0v) is 24.5. The molecule has 1 heterocycles. The average molecular weight is 518 g/mol. The van der Waals surface area contributed by atoms with E-state index < -0.39 is 22.3 Å². The zero-order chi connectivity index (χ0) is 27.8. The molecule has 210 valence electrons. The number of carbonyl (C=O) groups is 3. The van der Waals surface area contributed by atoms with E-state index in [0.29, 0.717) is 12.8 Å². The van der Waals surface area contributed by atoms with Gasteiger partial charge in [-0.25, -0.2) is 0 Å². The van der Waals surface area contributed by atoms with Crippen molar-refractivity contribution in [1.29, 1.82) is 0 Å². The molecular formula is C31H51NO5. The quantitative estimate of drug-likeness (QED) is 0.391. The van der Waals surface area contributed by atoms with Crippen molar-refractivity contribution < 1.29 is 24.2 Å².